The van der Waals surface area contributed by atoms with E-state index < -0.39 is 11.8 Å². The molecular formula is C21H26N4O2S. The maximum Gasteiger partial charge on any atom is 0.315 e. The van der Waals surface area contributed by atoms with Crippen LogP contribution in [0, 0.1) is 18.8 Å². The van der Waals surface area contributed by atoms with Crippen LogP contribution in [0.4, 0.5) is 5.82 Å². The van der Waals surface area contributed by atoms with Gasteiger partial charge in [-0.2, -0.15) is 16.9 Å². The largest absolute Gasteiger partial charge is 0.334 e. The van der Waals surface area contributed by atoms with Crippen molar-refractivity contribution in [2.75, 3.05) is 18.4 Å². The number of benzene rings is 1. The Balaban J connectivity index is 1.59. The number of thioether (sulfide) groups is 1. The number of carbonyl (C=O) groups is 2. The first-order valence-electron chi connectivity index (χ1n) is 9.78. The van der Waals surface area contributed by atoms with Crippen LogP contribution in [0.25, 0.3) is 5.69 Å². The molecule has 0 aliphatic carbocycles. The fourth-order valence-corrected chi connectivity index (χ4v) is 5.18. The van der Waals surface area contributed by atoms with Crippen molar-refractivity contribution in [1.82, 2.24) is 14.7 Å². The summed E-state index contributed by atoms with van der Waals surface area (Å²) in [5.41, 5.74) is 4.04. The van der Waals surface area contributed by atoms with E-state index in [-0.39, 0.29) is 0 Å². The van der Waals surface area contributed by atoms with E-state index in [0.717, 1.165) is 40.4 Å². The van der Waals surface area contributed by atoms with Crippen LogP contribution in [0.3, 0.4) is 0 Å². The third-order valence-corrected chi connectivity index (χ3v) is 6.38. The molecule has 6 nitrogen and oxygen atoms in total. The number of aryl methyl sites for hydroxylation is 1. The van der Waals surface area contributed by atoms with E-state index >= 15 is 0 Å². The topological polar surface area (TPSA) is 67.2 Å². The number of hydrogen-bond acceptors (Lipinski definition) is 4. The minimum absolute atomic E-state index is 0.416. The Morgan fingerprint density at radius 2 is 1.79 bits per heavy atom. The van der Waals surface area contributed by atoms with Crippen molar-refractivity contribution in [3.63, 3.8) is 0 Å². The summed E-state index contributed by atoms with van der Waals surface area (Å²) in [6, 6.07) is 8.00. The molecule has 1 saturated heterocycles. The molecule has 2 aliphatic heterocycles. The summed E-state index contributed by atoms with van der Waals surface area (Å²) in [7, 11) is 0. The molecule has 0 spiro atoms. The summed E-state index contributed by atoms with van der Waals surface area (Å²) in [6.07, 6.45) is 1.09. The van der Waals surface area contributed by atoms with E-state index in [1.807, 2.05) is 31.2 Å². The number of aromatic nitrogens is 2. The number of anilines is 1. The van der Waals surface area contributed by atoms with Gasteiger partial charge in [0.1, 0.15) is 5.82 Å². The molecule has 1 aromatic carbocycles. The molecule has 4 rings (SSSR count). The number of hydrogen-bond donors (Lipinski definition) is 1. The van der Waals surface area contributed by atoms with Gasteiger partial charge in [-0.3, -0.25) is 9.59 Å². The lowest BCUT2D eigenvalue weighted by molar-refractivity contribution is -0.145. The fraction of sp³-hybridized carbons (Fsp3) is 0.476. The molecule has 0 radical (unpaired) electrons. The zero-order chi connectivity index (χ0) is 19.8. The number of nitrogens with one attached hydrogen (secondary N) is 1. The first-order valence-corrected chi connectivity index (χ1v) is 10.9. The summed E-state index contributed by atoms with van der Waals surface area (Å²) in [5.74, 6) is 2.05. The minimum atomic E-state index is -0.575. The summed E-state index contributed by atoms with van der Waals surface area (Å²) in [5, 5.41) is 7.58. The lowest BCUT2D eigenvalue weighted by atomic mass is 9.92. The van der Waals surface area contributed by atoms with Crippen molar-refractivity contribution in [1.29, 1.82) is 0 Å². The van der Waals surface area contributed by atoms with Crippen molar-refractivity contribution in [2.24, 2.45) is 11.8 Å². The second-order valence-electron chi connectivity index (χ2n) is 8.12. The Morgan fingerprint density at radius 3 is 2.46 bits per heavy atom. The molecule has 0 bridgehead atoms. The van der Waals surface area contributed by atoms with Crippen LogP contribution in [0.1, 0.15) is 37.1 Å². The quantitative estimate of drug-likeness (QED) is 0.788. The Labute approximate surface area is 169 Å². The lowest BCUT2D eigenvalue weighted by Gasteiger charge is -2.34. The van der Waals surface area contributed by atoms with Gasteiger partial charge in [0.15, 0.2) is 0 Å². The van der Waals surface area contributed by atoms with Crippen LogP contribution >= 0.6 is 11.8 Å². The average molecular weight is 399 g/mol. The maximum absolute atomic E-state index is 12.8. The third-order valence-electron chi connectivity index (χ3n) is 5.41. The Bertz CT molecular complexity index is 896. The highest BCUT2D eigenvalue weighted by atomic mass is 32.2. The van der Waals surface area contributed by atoms with Gasteiger partial charge in [-0.15, -0.1) is 0 Å². The van der Waals surface area contributed by atoms with Crippen molar-refractivity contribution in [2.45, 2.75) is 38.7 Å². The van der Waals surface area contributed by atoms with Gasteiger partial charge < -0.3 is 10.2 Å². The predicted molar refractivity (Wildman–Crippen MR) is 111 cm³/mol. The molecule has 2 aromatic rings. The second-order valence-corrected chi connectivity index (χ2v) is 9.11. The SMILES string of the molecule is Cc1ccc(-n2nc3c(c2NC(=O)C(=O)N2C[C@@H](C)C[C@H](C)C2)CSC3)cc1. The standard InChI is InChI=1S/C21H26N4O2S/c1-13-4-6-16(7-5-13)25-19(17-11-28-12-18(17)23-25)22-20(26)21(27)24-9-14(2)8-15(3)10-24/h4-7,14-15H,8-12H2,1-3H3,(H,22,26)/t14-,15-/m0/s1. The number of nitrogens with zero attached hydrogens (tertiary/aromatic N) is 3. The predicted octanol–water partition coefficient (Wildman–Crippen LogP) is 3.37. The molecular weight excluding hydrogens is 372 g/mol. The highest BCUT2D eigenvalue weighted by Gasteiger charge is 2.31. The van der Waals surface area contributed by atoms with Crippen LogP contribution in [-0.4, -0.2) is 39.6 Å². The molecule has 148 valence electrons. The Hall–Kier alpha value is -2.28. The Morgan fingerprint density at radius 1 is 1.11 bits per heavy atom. The monoisotopic (exact) mass is 398 g/mol. The van der Waals surface area contributed by atoms with Gasteiger partial charge in [0.25, 0.3) is 0 Å². The van der Waals surface area contributed by atoms with Crippen LogP contribution in [0.15, 0.2) is 24.3 Å². The van der Waals surface area contributed by atoms with E-state index in [0.29, 0.717) is 30.7 Å². The number of likely N-dealkylation sites (tertiary alicyclic amines) is 1. The number of fused-ring (bicyclic) bond motifs is 1. The second kappa shape index (κ2) is 7.62. The van der Waals surface area contributed by atoms with Crippen LogP contribution in [-0.2, 0) is 21.1 Å². The van der Waals surface area contributed by atoms with E-state index in [4.69, 9.17) is 5.10 Å². The first-order chi connectivity index (χ1) is 13.4. The molecule has 0 unspecified atom stereocenters. The highest BCUT2D eigenvalue weighted by molar-refractivity contribution is 7.98. The van der Waals surface area contributed by atoms with Gasteiger partial charge in [-0.25, -0.2) is 4.68 Å². The number of piperidine rings is 1. The van der Waals surface area contributed by atoms with Crippen LogP contribution in [0.5, 0.6) is 0 Å². The van der Waals surface area contributed by atoms with Gasteiger partial charge in [0.2, 0.25) is 0 Å². The molecule has 1 fully saturated rings. The fourth-order valence-electron chi connectivity index (χ4n) is 4.15. The van der Waals surface area contributed by atoms with Gasteiger partial charge in [-0.1, -0.05) is 31.5 Å². The average Bonchev–Trinajstić information content (AvgIpc) is 3.23. The number of rotatable bonds is 2. The van der Waals surface area contributed by atoms with E-state index in [9.17, 15) is 9.59 Å². The molecule has 1 N–H and O–H groups in total. The summed E-state index contributed by atoms with van der Waals surface area (Å²) in [6.45, 7) is 7.57. The van der Waals surface area contributed by atoms with Gasteiger partial charge in [-0.05, 0) is 37.3 Å². The van der Waals surface area contributed by atoms with Crippen molar-refractivity contribution < 1.29 is 9.59 Å². The number of carbonyl (C=O) groups excluding carboxylic acids is 2. The van der Waals surface area contributed by atoms with Gasteiger partial charge in [0, 0.05) is 30.2 Å². The zero-order valence-electron chi connectivity index (χ0n) is 16.6. The molecule has 2 aliphatic rings. The van der Waals surface area contributed by atoms with E-state index in [1.54, 1.807) is 21.3 Å². The number of amides is 2. The zero-order valence-corrected chi connectivity index (χ0v) is 17.4. The molecule has 2 amide bonds. The maximum atomic E-state index is 12.8. The summed E-state index contributed by atoms with van der Waals surface area (Å²) < 4.78 is 1.76. The smallest absolute Gasteiger partial charge is 0.315 e. The molecule has 7 heteroatoms. The van der Waals surface area contributed by atoms with Crippen molar-refractivity contribution in [3.05, 3.63) is 41.1 Å². The third kappa shape index (κ3) is 3.68. The summed E-state index contributed by atoms with van der Waals surface area (Å²) in [4.78, 5) is 27.3. The van der Waals surface area contributed by atoms with E-state index in [1.165, 1.54) is 0 Å². The molecule has 0 saturated carbocycles. The van der Waals surface area contributed by atoms with Crippen molar-refractivity contribution in [3.8, 4) is 5.69 Å². The van der Waals surface area contributed by atoms with Gasteiger partial charge >= 0.3 is 11.8 Å². The van der Waals surface area contributed by atoms with Crippen molar-refractivity contribution >= 4 is 29.4 Å². The molecule has 1 aromatic heterocycles. The first kappa shape index (κ1) is 19.1. The molecule has 2 atom stereocenters. The normalized spacial score (nSPS) is 21.5. The lowest BCUT2D eigenvalue weighted by Crippen LogP contribution is -2.47. The minimum Gasteiger partial charge on any atom is -0.334 e. The Kier molecular flexibility index (Phi) is 5.19. The molecule has 3 heterocycles. The van der Waals surface area contributed by atoms with Crippen LogP contribution in [0.2, 0.25) is 0 Å². The van der Waals surface area contributed by atoms with Crippen LogP contribution < -0.4 is 5.32 Å². The van der Waals surface area contributed by atoms with Gasteiger partial charge in [0.05, 0.1) is 11.4 Å². The van der Waals surface area contributed by atoms with E-state index in [2.05, 4.69) is 19.2 Å². The summed E-state index contributed by atoms with van der Waals surface area (Å²) >= 11 is 1.77. The highest BCUT2D eigenvalue weighted by Crippen LogP contribution is 2.36. The molecule has 28 heavy (non-hydrogen) atoms.